The van der Waals surface area contributed by atoms with E-state index in [4.69, 9.17) is 27.5 Å². The first-order valence-corrected chi connectivity index (χ1v) is 19.2. The van der Waals surface area contributed by atoms with Crippen molar-refractivity contribution in [2.24, 2.45) is 0 Å². The Kier molecular flexibility index (Phi) is 12.9. The van der Waals surface area contributed by atoms with Crippen molar-refractivity contribution in [2.45, 2.75) is 38.8 Å². The minimum Gasteiger partial charge on any atom is -0.369 e. The molecule has 15 nitrogen and oxygen atoms in total. The summed E-state index contributed by atoms with van der Waals surface area (Å²) in [6.07, 6.45) is 6.83. The highest BCUT2D eigenvalue weighted by molar-refractivity contribution is 7.85. The number of aryl methyl sites for hydroxylation is 3. The average molecular weight is 789 g/mol. The summed E-state index contributed by atoms with van der Waals surface area (Å²) in [4.78, 5) is 33.8. The van der Waals surface area contributed by atoms with Crippen LogP contribution in [-0.4, -0.2) is 34.8 Å². The number of anilines is 6. The summed E-state index contributed by atoms with van der Waals surface area (Å²) in [5.41, 5.74) is 30.6. The van der Waals surface area contributed by atoms with Crippen LogP contribution < -0.4 is 42.7 Å². The molecule has 2 aromatic heterocycles. The van der Waals surface area contributed by atoms with Gasteiger partial charge in [-0.15, -0.1) is 0 Å². The topological polar surface area (TPSA) is 250 Å². The van der Waals surface area contributed by atoms with E-state index < -0.39 is 10.1 Å². The molecule has 0 saturated heterocycles. The molecule has 0 atom stereocenters. The predicted octanol–water partition coefficient (Wildman–Crippen LogP) is 4.90. The van der Waals surface area contributed by atoms with Gasteiger partial charge in [0.05, 0.1) is 41.5 Å². The Balaban J connectivity index is 0.000000486. The molecule has 0 aliphatic heterocycles. The van der Waals surface area contributed by atoms with E-state index in [-0.39, 0.29) is 16.7 Å². The molecule has 6 rings (SSSR count). The fourth-order valence-corrected chi connectivity index (χ4v) is 5.98. The normalized spacial score (nSPS) is 11.1. The fraction of sp³-hybridized carbons (Fsp3) is 0.122. The highest BCUT2D eigenvalue weighted by Crippen LogP contribution is 2.26. The van der Waals surface area contributed by atoms with E-state index in [1.165, 1.54) is 18.2 Å². The molecular weight excluding hydrogens is 745 g/mol. The molecule has 0 bridgehead atoms. The van der Waals surface area contributed by atoms with E-state index in [2.05, 4.69) is 20.6 Å². The summed E-state index contributed by atoms with van der Waals surface area (Å²) < 4.78 is 33.2. The summed E-state index contributed by atoms with van der Waals surface area (Å²) in [5, 5.41) is 5.74. The van der Waals surface area contributed by atoms with Gasteiger partial charge in [0, 0.05) is 23.0 Å². The first-order chi connectivity index (χ1) is 27.1. The number of aromatic nitrogens is 4. The van der Waals surface area contributed by atoms with Gasteiger partial charge in [0.25, 0.3) is 16.0 Å². The van der Waals surface area contributed by atoms with Crippen LogP contribution in [0, 0.1) is 6.92 Å². The lowest BCUT2D eigenvalue weighted by Crippen LogP contribution is -2.37. The van der Waals surface area contributed by atoms with E-state index in [9.17, 15) is 18.0 Å². The number of rotatable bonds is 10. The van der Waals surface area contributed by atoms with Crippen molar-refractivity contribution < 1.29 is 31.7 Å². The first-order valence-electron chi connectivity index (χ1n) is 17.7. The Hall–Kier alpha value is -7.17. The number of hydrogen-bond acceptors (Lipinski definition) is 10. The second kappa shape index (κ2) is 18.0. The minimum absolute atomic E-state index is 0.0666. The molecule has 4 aromatic carbocycles. The largest absolute Gasteiger partial charge is 0.391 e. The number of amides is 2. The number of carbonyl (C=O) groups is 2. The van der Waals surface area contributed by atoms with Crippen molar-refractivity contribution in [3.8, 4) is 22.3 Å². The molecule has 0 saturated carbocycles. The van der Waals surface area contributed by atoms with Crippen molar-refractivity contribution in [1.29, 1.82) is 0 Å². The van der Waals surface area contributed by atoms with Crippen LogP contribution in [0.15, 0.2) is 120 Å². The van der Waals surface area contributed by atoms with Gasteiger partial charge >= 0.3 is 11.9 Å². The van der Waals surface area contributed by atoms with Crippen LogP contribution in [-0.2, 0) is 28.0 Å². The number of hydrogen-bond donors (Lipinski definition) is 7. The smallest absolute Gasteiger partial charge is 0.369 e. The third-order valence-corrected chi connectivity index (χ3v) is 9.57. The summed E-state index contributed by atoms with van der Waals surface area (Å²) in [6.45, 7) is 7.11. The van der Waals surface area contributed by atoms with Gasteiger partial charge in [-0.3, -0.25) is 25.6 Å². The van der Waals surface area contributed by atoms with Crippen LogP contribution in [0.25, 0.3) is 28.3 Å². The van der Waals surface area contributed by atoms with Crippen molar-refractivity contribution in [3.63, 3.8) is 0 Å². The van der Waals surface area contributed by atoms with Crippen LogP contribution in [0.1, 0.15) is 35.3 Å². The standard InChI is InChI=1S/C34H34N10O2.C7H8O3S/c1-3-43-19-27(30(35)41-33(43)37)22-10-14-25(15-11-22)39-29(45)18-7-21-5-8-24(9-6-21)32(46)40-26-16-12-23(13-17-26)28-20-44(4-2)34(38)42-31(28)36;1-6-2-4-7(5-3-6)11(8,9)10/h5-20H,3-4H2,1-2H3,(H8,35,36,37,38,39,40,41,42,45,46);2-5H,1H3,(H,8,9,10)/p+2/b18-7+;. The monoisotopic (exact) mass is 788 g/mol. The lowest BCUT2D eigenvalue weighted by molar-refractivity contribution is -0.681. The van der Waals surface area contributed by atoms with Crippen molar-refractivity contribution in [3.05, 3.63) is 132 Å². The first kappa shape index (κ1) is 41.0. The van der Waals surface area contributed by atoms with Crippen LogP contribution >= 0.6 is 0 Å². The third-order valence-electron chi connectivity index (χ3n) is 8.70. The molecule has 0 radical (unpaired) electrons. The fourth-order valence-electron chi connectivity index (χ4n) is 5.50. The lowest BCUT2D eigenvalue weighted by Gasteiger charge is -2.09. The number of nitrogens with two attached hydrogens (primary N) is 4. The van der Waals surface area contributed by atoms with Crippen LogP contribution in [0.2, 0.25) is 0 Å². The van der Waals surface area contributed by atoms with Crippen LogP contribution in [0.4, 0.5) is 34.9 Å². The Bertz CT molecular complexity index is 2530. The molecule has 0 unspecified atom stereocenters. The zero-order chi connectivity index (χ0) is 41.3. The van der Waals surface area contributed by atoms with Crippen molar-refractivity contribution >= 4 is 62.9 Å². The van der Waals surface area contributed by atoms with E-state index in [0.717, 1.165) is 33.4 Å². The van der Waals surface area contributed by atoms with Gasteiger partial charge in [-0.2, -0.15) is 8.42 Å². The SMILES string of the molecule is CC[n+]1cc(-c2ccc(NC(=O)/C=C/c3ccc(C(=O)Nc4ccc(-c5c[n+](CC)c(N)nc5N)cc4)cc3)cc2)c(N)nc1N.Cc1ccc(S(=O)(=O)O)cc1. The Morgan fingerprint density at radius 2 is 1.14 bits per heavy atom. The molecule has 0 aliphatic rings. The number of benzene rings is 4. The second-order valence-corrected chi connectivity index (χ2v) is 14.1. The molecule has 0 fully saturated rings. The second-order valence-electron chi connectivity index (χ2n) is 12.7. The van der Waals surface area contributed by atoms with Gasteiger partial charge in [0.1, 0.15) is 0 Å². The van der Waals surface area contributed by atoms with Crippen LogP contribution in [0.5, 0.6) is 0 Å². The van der Waals surface area contributed by atoms with E-state index in [0.29, 0.717) is 53.6 Å². The quantitative estimate of drug-likeness (QED) is 0.0559. The Morgan fingerprint density at radius 1 is 0.684 bits per heavy atom. The molecule has 16 heteroatoms. The summed E-state index contributed by atoms with van der Waals surface area (Å²) in [6, 6.07) is 27.5. The maximum absolute atomic E-state index is 12.8. The highest BCUT2D eigenvalue weighted by atomic mass is 32.2. The van der Waals surface area contributed by atoms with Gasteiger partial charge in [0.2, 0.25) is 17.5 Å². The molecule has 292 valence electrons. The summed E-state index contributed by atoms with van der Waals surface area (Å²) in [7, 11) is -4.02. The van der Waals surface area contributed by atoms with E-state index >= 15 is 0 Å². The van der Waals surface area contributed by atoms with Crippen molar-refractivity contribution in [1.82, 2.24) is 9.97 Å². The Labute approximate surface area is 330 Å². The van der Waals surface area contributed by atoms with Gasteiger partial charge in [-0.25, -0.2) is 9.13 Å². The molecule has 2 heterocycles. The maximum Gasteiger partial charge on any atom is 0.391 e. The lowest BCUT2D eigenvalue weighted by atomic mass is 10.1. The summed E-state index contributed by atoms with van der Waals surface area (Å²) in [5.74, 6) is 0.819. The summed E-state index contributed by atoms with van der Waals surface area (Å²) >= 11 is 0. The Morgan fingerprint density at radius 3 is 1.58 bits per heavy atom. The number of nitrogen functional groups attached to an aromatic ring is 4. The highest BCUT2D eigenvalue weighted by Gasteiger charge is 2.16. The number of carbonyl (C=O) groups excluding carboxylic acids is 2. The maximum atomic E-state index is 12.8. The van der Waals surface area contributed by atoms with E-state index in [1.54, 1.807) is 66.7 Å². The molecular formula is C41H44N10O5S+2. The third kappa shape index (κ3) is 10.7. The minimum atomic E-state index is -4.02. The average Bonchev–Trinajstić information content (AvgIpc) is 3.18. The van der Waals surface area contributed by atoms with E-state index in [1.807, 2.05) is 66.6 Å². The van der Waals surface area contributed by atoms with Gasteiger partial charge in [-0.1, -0.05) is 64.1 Å². The van der Waals surface area contributed by atoms with Gasteiger partial charge in [-0.05, 0) is 92.1 Å². The molecule has 57 heavy (non-hydrogen) atoms. The zero-order valence-electron chi connectivity index (χ0n) is 31.5. The van der Waals surface area contributed by atoms with Crippen molar-refractivity contribution in [2.75, 3.05) is 33.6 Å². The van der Waals surface area contributed by atoms with Crippen LogP contribution in [0.3, 0.4) is 0 Å². The predicted molar refractivity (Wildman–Crippen MR) is 222 cm³/mol. The van der Waals surface area contributed by atoms with Gasteiger partial charge < -0.3 is 22.1 Å². The molecule has 0 aliphatic carbocycles. The number of nitrogens with one attached hydrogen (secondary N) is 2. The molecule has 2 amide bonds. The molecule has 11 N–H and O–H groups in total. The van der Waals surface area contributed by atoms with Gasteiger partial charge in [0.15, 0.2) is 0 Å². The number of nitrogens with zero attached hydrogens (tertiary/aromatic N) is 4. The molecule has 6 aromatic rings. The zero-order valence-corrected chi connectivity index (χ0v) is 32.4. The molecule has 0 spiro atoms.